The fraction of sp³-hybridized carbons (Fsp3) is 0.795. The van der Waals surface area contributed by atoms with Gasteiger partial charge in [-0.05, 0) is 40.2 Å². The molecule has 0 spiro atoms. The van der Waals surface area contributed by atoms with Gasteiger partial charge in [-0.1, -0.05) is 96.8 Å². The second-order valence-corrected chi connectivity index (χ2v) is 18.9. The molecule has 1 amide bonds. The average Bonchev–Trinajstić information content (AvgIpc) is 3.71. The average molecular weight is 928 g/mol. The van der Waals surface area contributed by atoms with Crippen molar-refractivity contribution >= 4 is 19.5 Å². The number of nitrogens with zero attached hydrogens (tertiary/aromatic N) is 4. The largest absolute Gasteiger partial charge is 0.756 e. The summed E-state index contributed by atoms with van der Waals surface area (Å²) in [7, 11) is -3.74. The minimum Gasteiger partial charge on any atom is -0.756 e. The van der Waals surface area contributed by atoms with Gasteiger partial charge in [-0.2, -0.15) is 4.98 Å². The van der Waals surface area contributed by atoms with Crippen LogP contribution < -0.4 is 27.6 Å². The van der Waals surface area contributed by atoms with Gasteiger partial charge >= 0.3 is 11.4 Å². The number of hydrogen-bond acceptors (Lipinski definition) is 14. The summed E-state index contributed by atoms with van der Waals surface area (Å²) in [5.74, 6) is -1.61. The molecule has 2 aromatic rings. The molecule has 3 N–H and O–H groups in total. The first-order valence-corrected chi connectivity index (χ1v) is 24.7. The van der Waals surface area contributed by atoms with Crippen LogP contribution in [0.5, 0.6) is 0 Å². The van der Waals surface area contributed by atoms with Crippen molar-refractivity contribution in [3.8, 4) is 0 Å². The SMILES string of the molecule is CCCCCCCCCCCCCCCCCN(C[C@H]1O[C@@H](n2ccc(=O)[nH]c2=O)C(OC)C1OP(=O)([O-])OC(C)C)C(=O)CC1C(F)[C@H](n2ccc(N)nc2=O)O[C@@H]1COC(C)C. The van der Waals surface area contributed by atoms with Gasteiger partial charge in [-0.25, -0.2) is 14.0 Å². The lowest BCUT2D eigenvalue weighted by molar-refractivity contribution is -0.236. The first-order chi connectivity index (χ1) is 30.5. The van der Waals surface area contributed by atoms with Crippen LogP contribution >= 0.6 is 7.82 Å². The summed E-state index contributed by atoms with van der Waals surface area (Å²) >= 11 is 0. The molecule has 2 fully saturated rings. The standard InChI is InChI=1S/C44H74FN6O12P/c1-7-8-9-10-11-12-13-14-15-16-17-18-19-20-21-24-49(37(53)27-32-34(29-59-30(2)3)61-41(38(32)45)50-25-22-35(46)47-43(50)54)28-33-39(63-64(56,57)62-31(4)5)40(58-6)42(60-33)51-26-23-36(52)48-44(51)55/h22-23,25-26,30-34,38-42H,7-21,24,27-29H2,1-6H3,(H,56,57)(H2,46,47,54)(H,48,52,55)/p-1/t32?,33-,34-,38?,39?,40?,41-,42-/m1/s1. The van der Waals surface area contributed by atoms with E-state index in [9.17, 15) is 28.6 Å². The topological polar surface area (TPSA) is 232 Å². The fourth-order valence-electron chi connectivity index (χ4n) is 8.36. The Hall–Kier alpha value is -3.29. The molecule has 2 saturated heterocycles. The number of ether oxygens (including phenoxy) is 4. The maximum Gasteiger partial charge on any atom is 0.351 e. The number of hydrogen-bond donors (Lipinski definition) is 2. The van der Waals surface area contributed by atoms with Crippen LogP contribution in [-0.4, -0.2) is 99.5 Å². The third-order valence-electron chi connectivity index (χ3n) is 11.7. The lowest BCUT2D eigenvalue weighted by Crippen LogP contribution is -2.46. The van der Waals surface area contributed by atoms with Gasteiger partial charge in [0.1, 0.15) is 24.1 Å². The highest BCUT2D eigenvalue weighted by molar-refractivity contribution is 7.45. The lowest BCUT2D eigenvalue weighted by Gasteiger charge is -2.34. The molecule has 0 radical (unpaired) electrons. The van der Waals surface area contributed by atoms with Gasteiger partial charge in [0.25, 0.3) is 13.4 Å². The number of nitrogens with one attached hydrogen (secondary N) is 1. The molecule has 18 nitrogen and oxygen atoms in total. The number of carbonyl (C=O) groups is 1. The normalized spacial score (nSPS) is 24.5. The second kappa shape index (κ2) is 26.8. The number of phosphoric ester groups is 1. The van der Waals surface area contributed by atoms with E-state index in [-0.39, 0.29) is 38.0 Å². The summed E-state index contributed by atoms with van der Waals surface area (Å²) in [6.45, 7) is 8.76. The number of halogens is 1. The van der Waals surface area contributed by atoms with Crippen LogP contribution in [0.1, 0.15) is 150 Å². The number of H-pyrrole nitrogens is 1. The van der Waals surface area contributed by atoms with E-state index in [0.29, 0.717) is 6.42 Å². The molecule has 2 aliphatic rings. The van der Waals surface area contributed by atoms with Crippen LogP contribution in [-0.2, 0) is 37.4 Å². The maximum absolute atomic E-state index is 16.6. The molecule has 4 heterocycles. The third-order valence-corrected chi connectivity index (χ3v) is 12.8. The number of alkyl halides is 1. The van der Waals surface area contributed by atoms with Gasteiger partial charge in [-0.15, -0.1) is 0 Å². The van der Waals surface area contributed by atoms with E-state index in [4.69, 9.17) is 33.7 Å². The molecule has 0 saturated carbocycles. The summed E-state index contributed by atoms with van der Waals surface area (Å²) < 4.78 is 66.5. The van der Waals surface area contributed by atoms with Crippen molar-refractivity contribution in [1.82, 2.24) is 24.0 Å². The number of phosphoric acid groups is 1. The fourth-order valence-corrected chi connectivity index (χ4v) is 9.48. The van der Waals surface area contributed by atoms with Gasteiger partial charge in [-0.3, -0.25) is 28.3 Å². The van der Waals surface area contributed by atoms with Crippen LogP contribution in [0, 0.1) is 5.92 Å². The zero-order chi connectivity index (χ0) is 46.8. The number of aromatic amines is 1. The maximum atomic E-state index is 16.6. The van der Waals surface area contributed by atoms with Crippen molar-refractivity contribution in [3.63, 3.8) is 0 Å². The summed E-state index contributed by atoms with van der Waals surface area (Å²) in [6, 6.07) is 2.45. The molecule has 5 unspecified atom stereocenters. The number of aromatic nitrogens is 4. The van der Waals surface area contributed by atoms with Crippen molar-refractivity contribution in [1.29, 1.82) is 0 Å². The first-order valence-electron chi connectivity index (χ1n) is 23.3. The first kappa shape index (κ1) is 53.3. The Bertz CT molecular complexity index is 1930. The van der Waals surface area contributed by atoms with E-state index in [2.05, 4.69) is 16.9 Å². The number of unbranched alkanes of at least 4 members (excludes halogenated alkanes) is 14. The summed E-state index contributed by atoms with van der Waals surface area (Å²) in [6.07, 6.45) is 8.90. The number of carbonyl (C=O) groups excluding carboxylic acids is 1. The van der Waals surface area contributed by atoms with E-state index in [1.807, 2.05) is 13.8 Å². The molecule has 20 heteroatoms. The van der Waals surface area contributed by atoms with Crippen molar-refractivity contribution in [2.24, 2.45) is 5.92 Å². The summed E-state index contributed by atoms with van der Waals surface area (Å²) in [5, 5.41) is 0. The molecule has 0 aromatic carbocycles. The Morgan fingerprint density at radius 1 is 0.875 bits per heavy atom. The number of amides is 1. The number of nitrogen functional groups attached to an aromatic ring is 1. The van der Waals surface area contributed by atoms with Crippen molar-refractivity contribution in [3.05, 3.63) is 55.8 Å². The molecule has 9 atom stereocenters. The molecule has 0 aliphatic carbocycles. The van der Waals surface area contributed by atoms with E-state index < -0.39 is 85.7 Å². The van der Waals surface area contributed by atoms with Crippen LogP contribution in [0.25, 0.3) is 0 Å². The minimum atomic E-state index is -5.02. The van der Waals surface area contributed by atoms with E-state index in [0.717, 1.165) is 40.9 Å². The minimum absolute atomic E-state index is 0.0422. The summed E-state index contributed by atoms with van der Waals surface area (Å²) in [4.78, 5) is 72.9. The molecule has 0 bridgehead atoms. The number of methoxy groups -OCH3 is 1. The quantitative estimate of drug-likeness (QED) is 0.0683. The molecule has 364 valence electrons. The Kier molecular flexibility index (Phi) is 22.3. The van der Waals surface area contributed by atoms with Crippen LogP contribution in [0.4, 0.5) is 10.2 Å². The van der Waals surface area contributed by atoms with E-state index >= 15 is 4.39 Å². The Balaban J connectivity index is 1.53. The van der Waals surface area contributed by atoms with Crippen molar-refractivity contribution in [2.75, 3.05) is 32.5 Å². The van der Waals surface area contributed by atoms with Crippen LogP contribution in [0.15, 0.2) is 38.9 Å². The highest BCUT2D eigenvalue weighted by atomic mass is 31.2. The number of rotatable bonds is 30. The number of anilines is 1. The Labute approximate surface area is 376 Å². The predicted molar refractivity (Wildman–Crippen MR) is 237 cm³/mol. The molecule has 2 aliphatic heterocycles. The zero-order valence-corrected chi connectivity index (χ0v) is 39.5. The highest BCUT2D eigenvalue weighted by Crippen LogP contribution is 2.47. The summed E-state index contributed by atoms with van der Waals surface area (Å²) in [5.41, 5.74) is 3.37. The van der Waals surface area contributed by atoms with Crippen molar-refractivity contribution in [2.45, 2.75) is 193 Å². The lowest BCUT2D eigenvalue weighted by atomic mass is 9.94. The van der Waals surface area contributed by atoms with Gasteiger partial charge in [0, 0.05) is 51.0 Å². The second-order valence-electron chi connectivity index (χ2n) is 17.5. The molecular formula is C44H73FN6O12P-. The molecular weight excluding hydrogens is 854 g/mol. The Morgan fingerprint density at radius 3 is 2.00 bits per heavy atom. The monoisotopic (exact) mass is 928 g/mol. The smallest absolute Gasteiger partial charge is 0.351 e. The van der Waals surface area contributed by atoms with Gasteiger partial charge in [0.15, 0.2) is 18.6 Å². The van der Waals surface area contributed by atoms with Gasteiger partial charge in [0.05, 0.1) is 24.9 Å². The zero-order valence-electron chi connectivity index (χ0n) is 38.6. The van der Waals surface area contributed by atoms with Gasteiger partial charge in [0.2, 0.25) is 5.91 Å². The highest BCUT2D eigenvalue weighted by Gasteiger charge is 2.51. The van der Waals surface area contributed by atoms with E-state index in [1.54, 1.807) is 0 Å². The van der Waals surface area contributed by atoms with Crippen LogP contribution in [0.3, 0.4) is 0 Å². The van der Waals surface area contributed by atoms with Crippen LogP contribution in [0.2, 0.25) is 0 Å². The molecule has 2 aromatic heterocycles. The Morgan fingerprint density at radius 2 is 1.45 bits per heavy atom. The molecule has 64 heavy (non-hydrogen) atoms. The molecule has 4 rings (SSSR count). The van der Waals surface area contributed by atoms with Gasteiger partial charge < -0.3 is 43.5 Å². The van der Waals surface area contributed by atoms with Crippen molar-refractivity contribution < 1.29 is 46.6 Å². The number of nitrogens with two attached hydrogens (primary N) is 1. The van der Waals surface area contributed by atoms with E-state index in [1.165, 1.54) is 109 Å². The predicted octanol–water partition coefficient (Wildman–Crippen LogP) is 5.93. The third kappa shape index (κ3) is 16.5.